The Hall–Kier alpha value is -2.17. The Balaban J connectivity index is 1.57. The van der Waals surface area contributed by atoms with E-state index in [9.17, 15) is 0 Å². The molecule has 0 saturated heterocycles. The SMILES string of the molecule is Cn1cc(CCNc2ccc3c(c2)OCO3)cn1. The summed E-state index contributed by atoms with van der Waals surface area (Å²) in [5.74, 6) is 1.62. The lowest BCUT2D eigenvalue weighted by atomic mass is 10.2. The van der Waals surface area contributed by atoms with Gasteiger partial charge in [0.1, 0.15) is 0 Å². The Morgan fingerprint density at radius 1 is 1.33 bits per heavy atom. The first-order chi connectivity index (χ1) is 8.81. The number of nitrogens with one attached hydrogen (secondary N) is 1. The Morgan fingerprint density at radius 3 is 3.06 bits per heavy atom. The van der Waals surface area contributed by atoms with Crippen LogP contribution in [0.1, 0.15) is 5.56 Å². The van der Waals surface area contributed by atoms with Gasteiger partial charge in [0.15, 0.2) is 11.5 Å². The van der Waals surface area contributed by atoms with Crippen LogP contribution in [0.15, 0.2) is 30.6 Å². The summed E-state index contributed by atoms with van der Waals surface area (Å²) in [5, 5.41) is 7.50. The van der Waals surface area contributed by atoms with Crippen molar-refractivity contribution in [3.8, 4) is 11.5 Å². The highest BCUT2D eigenvalue weighted by atomic mass is 16.7. The van der Waals surface area contributed by atoms with Crippen molar-refractivity contribution < 1.29 is 9.47 Å². The number of aromatic nitrogens is 2. The van der Waals surface area contributed by atoms with E-state index in [2.05, 4.69) is 10.4 Å². The smallest absolute Gasteiger partial charge is 0.231 e. The van der Waals surface area contributed by atoms with Crippen LogP contribution in [0.5, 0.6) is 11.5 Å². The highest BCUT2D eigenvalue weighted by Gasteiger charge is 2.12. The zero-order valence-corrected chi connectivity index (χ0v) is 10.2. The molecule has 1 aliphatic heterocycles. The molecule has 0 amide bonds. The number of hydrogen-bond acceptors (Lipinski definition) is 4. The van der Waals surface area contributed by atoms with Gasteiger partial charge in [-0.05, 0) is 24.1 Å². The standard InChI is InChI=1S/C13H15N3O2/c1-16-8-10(7-15-16)4-5-14-11-2-3-12-13(6-11)18-9-17-12/h2-3,6-8,14H,4-5,9H2,1H3. The van der Waals surface area contributed by atoms with Crippen LogP contribution in [0.3, 0.4) is 0 Å². The van der Waals surface area contributed by atoms with Crippen molar-refractivity contribution in [2.45, 2.75) is 6.42 Å². The van der Waals surface area contributed by atoms with Gasteiger partial charge in [0.2, 0.25) is 6.79 Å². The van der Waals surface area contributed by atoms with Crippen molar-refractivity contribution in [3.05, 3.63) is 36.2 Å². The van der Waals surface area contributed by atoms with Crippen molar-refractivity contribution in [1.82, 2.24) is 9.78 Å². The molecular weight excluding hydrogens is 230 g/mol. The minimum atomic E-state index is 0.314. The summed E-state index contributed by atoms with van der Waals surface area (Å²) in [4.78, 5) is 0. The molecule has 0 bridgehead atoms. The second kappa shape index (κ2) is 4.60. The Kier molecular flexibility index (Phi) is 2.80. The first kappa shape index (κ1) is 11.0. The summed E-state index contributed by atoms with van der Waals surface area (Å²) >= 11 is 0. The lowest BCUT2D eigenvalue weighted by Crippen LogP contribution is -2.04. The molecule has 0 fully saturated rings. The molecule has 1 aromatic carbocycles. The minimum absolute atomic E-state index is 0.314. The van der Waals surface area contributed by atoms with Crippen LogP contribution >= 0.6 is 0 Å². The molecule has 0 saturated carbocycles. The van der Waals surface area contributed by atoms with Gasteiger partial charge in [0.05, 0.1) is 6.20 Å². The summed E-state index contributed by atoms with van der Waals surface area (Å²) in [6.07, 6.45) is 4.87. The molecule has 0 radical (unpaired) electrons. The van der Waals surface area contributed by atoms with Crippen LogP contribution in [0.2, 0.25) is 0 Å². The molecule has 94 valence electrons. The average Bonchev–Trinajstić information content (AvgIpc) is 2.97. The van der Waals surface area contributed by atoms with E-state index in [0.29, 0.717) is 6.79 Å². The molecule has 0 atom stereocenters. The monoisotopic (exact) mass is 245 g/mol. The highest BCUT2D eigenvalue weighted by molar-refractivity contribution is 5.55. The number of hydrogen-bond donors (Lipinski definition) is 1. The van der Waals surface area contributed by atoms with Gasteiger partial charge < -0.3 is 14.8 Å². The predicted molar refractivity (Wildman–Crippen MR) is 68.0 cm³/mol. The van der Waals surface area contributed by atoms with Crippen molar-refractivity contribution in [2.75, 3.05) is 18.7 Å². The summed E-state index contributed by atoms with van der Waals surface area (Å²) in [7, 11) is 1.93. The Bertz CT molecular complexity index is 551. The summed E-state index contributed by atoms with van der Waals surface area (Å²) in [6.45, 7) is 1.18. The first-order valence-electron chi connectivity index (χ1n) is 5.92. The average molecular weight is 245 g/mol. The van der Waals surface area contributed by atoms with Gasteiger partial charge in [-0.15, -0.1) is 0 Å². The van der Waals surface area contributed by atoms with Crippen LogP contribution in [0.4, 0.5) is 5.69 Å². The van der Waals surface area contributed by atoms with Crippen molar-refractivity contribution >= 4 is 5.69 Å². The topological polar surface area (TPSA) is 48.3 Å². The molecule has 5 nitrogen and oxygen atoms in total. The first-order valence-corrected chi connectivity index (χ1v) is 5.92. The quantitative estimate of drug-likeness (QED) is 0.892. The van der Waals surface area contributed by atoms with Gasteiger partial charge in [0.25, 0.3) is 0 Å². The van der Waals surface area contributed by atoms with E-state index < -0.39 is 0 Å². The van der Waals surface area contributed by atoms with Gasteiger partial charge in [-0.2, -0.15) is 5.10 Å². The second-order valence-electron chi connectivity index (χ2n) is 4.27. The summed E-state index contributed by atoms with van der Waals surface area (Å²) in [5.41, 5.74) is 2.27. The van der Waals surface area contributed by atoms with Crippen LogP contribution in [0.25, 0.3) is 0 Å². The fourth-order valence-corrected chi connectivity index (χ4v) is 1.96. The number of ether oxygens (including phenoxy) is 2. The molecule has 0 unspecified atom stereocenters. The second-order valence-corrected chi connectivity index (χ2v) is 4.27. The number of rotatable bonds is 4. The fraction of sp³-hybridized carbons (Fsp3) is 0.308. The lowest BCUT2D eigenvalue weighted by molar-refractivity contribution is 0.174. The van der Waals surface area contributed by atoms with Gasteiger partial charge >= 0.3 is 0 Å². The number of fused-ring (bicyclic) bond motifs is 1. The normalized spacial score (nSPS) is 12.7. The molecular formula is C13H15N3O2. The molecule has 18 heavy (non-hydrogen) atoms. The third-order valence-electron chi connectivity index (χ3n) is 2.87. The van der Waals surface area contributed by atoms with E-state index in [1.807, 2.05) is 42.3 Å². The van der Waals surface area contributed by atoms with E-state index >= 15 is 0 Å². The van der Waals surface area contributed by atoms with Gasteiger partial charge in [-0.1, -0.05) is 0 Å². The molecule has 0 aliphatic carbocycles. The third-order valence-corrected chi connectivity index (χ3v) is 2.87. The largest absolute Gasteiger partial charge is 0.454 e. The van der Waals surface area contributed by atoms with Crippen molar-refractivity contribution in [3.63, 3.8) is 0 Å². The molecule has 0 spiro atoms. The number of anilines is 1. The number of nitrogens with zero attached hydrogens (tertiary/aromatic N) is 2. The molecule has 1 aliphatic rings. The highest BCUT2D eigenvalue weighted by Crippen LogP contribution is 2.34. The fourth-order valence-electron chi connectivity index (χ4n) is 1.96. The lowest BCUT2D eigenvalue weighted by Gasteiger charge is -2.06. The van der Waals surface area contributed by atoms with E-state index in [4.69, 9.17) is 9.47 Å². The van der Waals surface area contributed by atoms with Crippen molar-refractivity contribution in [1.29, 1.82) is 0 Å². The molecule has 1 N–H and O–H groups in total. The van der Waals surface area contributed by atoms with Crippen molar-refractivity contribution in [2.24, 2.45) is 7.05 Å². The molecule has 5 heteroatoms. The Morgan fingerprint density at radius 2 is 2.22 bits per heavy atom. The van der Waals surface area contributed by atoms with E-state index in [1.165, 1.54) is 5.56 Å². The maximum atomic E-state index is 5.33. The van der Waals surface area contributed by atoms with E-state index in [-0.39, 0.29) is 0 Å². The third kappa shape index (κ3) is 2.25. The minimum Gasteiger partial charge on any atom is -0.454 e. The van der Waals surface area contributed by atoms with E-state index in [0.717, 1.165) is 30.2 Å². The zero-order chi connectivity index (χ0) is 12.4. The number of aryl methyl sites for hydroxylation is 1. The maximum Gasteiger partial charge on any atom is 0.231 e. The zero-order valence-electron chi connectivity index (χ0n) is 10.2. The number of benzene rings is 1. The van der Waals surface area contributed by atoms with Crippen LogP contribution in [0, 0.1) is 0 Å². The van der Waals surface area contributed by atoms with Crippen LogP contribution in [-0.4, -0.2) is 23.1 Å². The van der Waals surface area contributed by atoms with Gasteiger partial charge in [-0.3, -0.25) is 4.68 Å². The van der Waals surface area contributed by atoms with E-state index in [1.54, 1.807) is 0 Å². The van der Waals surface area contributed by atoms with Gasteiger partial charge in [-0.25, -0.2) is 0 Å². The summed E-state index contributed by atoms with van der Waals surface area (Å²) < 4.78 is 12.4. The van der Waals surface area contributed by atoms with Crippen LogP contribution < -0.4 is 14.8 Å². The van der Waals surface area contributed by atoms with Gasteiger partial charge in [0, 0.05) is 31.5 Å². The molecule has 1 aromatic heterocycles. The molecule has 3 rings (SSSR count). The predicted octanol–water partition coefficient (Wildman–Crippen LogP) is 1.80. The molecule has 2 aromatic rings. The van der Waals surface area contributed by atoms with Crippen LogP contribution in [-0.2, 0) is 13.5 Å². The summed E-state index contributed by atoms with van der Waals surface area (Å²) in [6, 6.07) is 5.89. The maximum absolute atomic E-state index is 5.33. The Labute approximate surface area is 105 Å². The molecule has 2 heterocycles.